The molecule has 1 atom stereocenters. The fourth-order valence-electron chi connectivity index (χ4n) is 2.60. The van der Waals surface area contributed by atoms with Gasteiger partial charge in [-0.05, 0) is 18.8 Å². The summed E-state index contributed by atoms with van der Waals surface area (Å²) in [5.74, 6) is 1.64. The number of rotatable bonds is 15. The van der Waals surface area contributed by atoms with Gasteiger partial charge in [-0.25, -0.2) is 0 Å². The standard InChI is InChI=1S/C18H37ClS2/c1-5-7-9-11-13-17(14-12-10-8-6-2)18(15-19)21-20-16(3)4/h16-18H,5-15H2,1-4H3/t18-/m1/s1. The first-order valence-electron chi connectivity index (χ1n) is 9.03. The number of hydrogen-bond donors (Lipinski definition) is 0. The summed E-state index contributed by atoms with van der Waals surface area (Å²) in [4.78, 5) is 0. The van der Waals surface area contributed by atoms with Gasteiger partial charge in [-0.3, -0.25) is 0 Å². The highest BCUT2D eigenvalue weighted by Gasteiger charge is 2.21. The monoisotopic (exact) mass is 352 g/mol. The third-order valence-electron chi connectivity index (χ3n) is 3.91. The SMILES string of the molecule is CCCCCCC(CCCCCC)[C@@H](CCl)SSC(C)C. The van der Waals surface area contributed by atoms with E-state index in [0.717, 1.165) is 11.8 Å². The molecule has 0 unspecified atom stereocenters. The molecule has 0 aromatic heterocycles. The zero-order chi connectivity index (χ0) is 15.9. The molecule has 0 spiro atoms. The van der Waals surface area contributed by atoms with Gasteiger partial charge in [0.1, 0.15) is 0 Å². The molecule has 0 aliphatic heterocycles. The Morgan fingerprint density at radius 3 is 1.67 bits per heavy atom. The Morgan fingerprint density at radius 1 is 0.762 bits per heavy atom. The summed E-state index contributed by atoms with van der Waals surface area (Å²) in [6.45, 7) is 9.14. The number of alkyl halides is 1. The minimum atomic E-state index is 0.641. The van der Waals surface area contributed by atoms with Crippen LogP contribution in [-0.4, -0.2) is 16.4 Å². The van der Waals surface area contributed by atoms with Crippen LogP contribution in [-0.2, 0) is 0 Å². The van der Waals surface area contributed by atoms with Gasteiger partial charge in [0.15, 0.2) is 0 Å². The van der Waals surface area contributed by atoms with E-state index in [4.69, 9.17) is 11.6 Å². The molecule has 0 nitrogen and oxygen atoms in total. The second kappa shape index (κ2) is 15.9. The Bertz CT molecular complexity index is 197. The quantitative estimate of drug-likeness (QED) is 0.166. The van der Waals surface area contributed by atoms with Crippen LogP contribution in [0.3, 0.4) is 0 Å². The molecule has 0 aliphatic rings. The molecule has 0 aromatic rings. The summed E-state index contributed by atoms with van der Waals surface area (Å²) in [6, 6.07) is 0. The molecule has 0 N–H and O–H groups in total. The minimum absolute atomic E-state index is 0.641. The van der Waals surface area contributed by atoms with Crippen LogP contribution in [0.2, 0.25) is 0 Å². The van der Waals surface area contributed by atoms with E-state index in [0.29, 0.717) is 10.5 Å². The van der Waals surface area contributed by atoms with E-state index in [9.17, 15) is 0 Å². The Labute approximate surface area is 147 Å². The van der Waals surface area contributed by atoms with Crippen molar-refractivity contribution in [3.05, 3.63) is 0 Å². The highest BCUT2D eigenvalue weighted by atomic mass is 35.5. The lowest BCUT2D eigenvalue weighted by molar-refractivity contribution is 0.406. The molecule has 0 amide bonds. The molecule has 0 radical (unpaired) electrons. The van der Waals surface area contributed by atoms with Crippen molar-refractivity contribution < 1.29 is 0 Å². The van der Waals surface area contributed by atoms with Crippen molar-refractivity contribution >= 4 is 33.2 Å². The van der Waals surface area contributed by atoms with Gasteiger partial charge < -0.3 is 0 Å². The molecule has 3 heteroatoms. The summed E-state index contributed by atoms with van der Waals surface area (Å²) in [6.07, 6.45) is 13.8. The van der Waals surface area contributed by atoms with E-state index in [1.54, 1.807) is 0 Å². The Kier molecular flexibility index (Phi) is 16.6. The Hall–Kier alpha value is 0.990. The summed E-state index contributed by atoms with van der Waals surface area (Å²) in [5.41, 5.74) is 0. The second-order valence-corrected chi connectivity index (χ2v) is 9.79. The summed E-state index contributed by atoms with van der Waals surface area (Å²) in [7, 11) is 4.06. The summed E-state index contributed by atoms with van der Waals surface area (Å²) in [5, 5.41) is 1.34. The van der Waals surface area contributed by atoms with Gasteiger partial charge in [0.25, 0.3) is 0 Å². The van der Waals surface area contributed by atoms with E-state index >= 15 is 0 Å². The van der Waals surface area contributed by atoms with Crippen LogP contribution in [0.15, 0.2) is 0 Å². The highest BCUT2D eigenvalue weighted by molar-refractivity contribution is 8.77. The van der Waals surface area contributed by atoms with Crippen molar-refractivity contribution in [1.29, 1.82) is 0 Å². The van der Waals surface area contributed by atoms with Gasteiger partial charge in [0.05, 0.1) is 0 Å². The van der Waals surface area contributed by atoms with Crippen molar-refractivity contribution in [3.63, 3.8) is 0 Å². The van der Waals surface area contributed by atoms with Crippen molar-refractivity contribution in [2.24, 2.45) is 5.92 Å². The maximum Gasteiger partial charge on any atom is 0.0353 e. The van der Waals surface area contributed by atoms with Crippen LogP contribution in [0.1, 0.15) is 91.9 Å². The van der Waals surface area contributed by atoms with Crippen molar-refractivity contribution in [3.8, 4) is 0 Å². The smallest absolute Gasteiger partial charge is 0.0353 e. The molecule has 0 aliphatic carbocycles. The summed E-state index contributed by atoms with van der Waals surface area (Å²) < 4.78 is 0. The maximum absolute atomic E-state index is 6.29. The van der Waals surface area contributed by atoms with Crippen LogP contribution in [0.5, 0.6) is 0 Å². The molecule has 0 saturated heterocycles. The molecule has 0 bridgehead atoms. The predicted octanol–water partition coefficient (Wildman–Crippen LogP) is 7.94. The first-order chi connectivity index (χ1) is 10.2. The van der Waals surface area contributed by atoms with Gasteiger partial charge in [-0.2, -0.15) is 0 Å². The predicted molar refractivity (Wildman–Crippen MR) is 106 cm³/mol. The lowest BCUT2D eigenvalue weighted by Gasteiger charge is -2.25. The third-order valence-corrected chi connectivity index (χ3v) is 7.95. The van der Waals surface area contributed by atoms with Crippen molar-refractivity contribution in [2.45, 2.75) is 102 Å². The zero-order valence-corrected chi connectivity index (χ0v) is 17.1. The lowest BCUT2D eigenvalue weighted by Crippen LogP contribution is -2.19. The number of halogens is 1. The van der Waals surface area contributed by atoms with E-state index in [1.165, 1.54) is 64.2 Å². The van der Waals surface area contributed by atoms with E-state index in [-0.39, 0.29) is 0 Å². The number of unbranched alkanes of at least 4 members (excludes halogenated alkanes) is 6. The minimum Gasteiger partial charge on any atom is -0.125 e. The van der Waals surface area contributed by atoms with Crippen LogP contribution < -0.4 is 0 Å². The highest BCUT2D eigenvalue weighted by Crippen LogP contribution is 2.38. The Morgan fingerprint density at radius 2 is 1.29 bits per heavy atom. The van der Waals surface area contributed by atoms with Gasteiger partial charge in [-0.15, -0.1) is 11.6 Å². The number of hydrogen-bond acceptors (Lipinski definition) is 2. The molecule has 0 rings (SSSR count). The van der Waals surface area contributed by atoms with E-state index < -0.39 is 0 Å². The fraction of sp³-hybridized carbons (Fsp3) is 1.00. The van der Waals surface area contributed by atoms with Crippen LogP contribution >= 0.6 is 33.2 Å². The van der Waals surface area contributed by atoms with Gasteiger partial charge in [0.2, 0.25) is 0 Å². The normalized spacial score (nSPS) is 13.3. The molecular weight excluding hydrogens is 316 g/mol. The summed E-state index contributed by atoms with van der Waals surface area (Å²) >= 11 is 6.29. The average molecular weight is 353 g/mol. The lowest BCUT2D eigenvalue weighted by atomic mass is 9.92. The van der Waals surface area contributed by atoms with Gasteiger partial charge in [-0.1, -0.05) is 101 Å². The molecule has 0 heterocycles. The Balaban J connectivity index is 4.21. The molecule has 21 heavy (non-hydrogen) atoms. The topological polar surface area (TPSA) is 0 Å². The zero-order valence-electron chi connectivity index (χ0n) is 14.7. The van der Waals surface area contributed by atoms with Crippen LogP contribution in [0, 0.1) is 5.92 Å². The largest absolute Gasteiger partial charge is 0.125 e. The first kappa shape index (κ1) is 22.0. The van der Waals surface area contributed by atoms with Gasteiger partial charge in [0, 0.05) is 16.4 Å². The molecule has 0 saturated carbocycles. The van der Waals surface area contributed by atoms with Crippen molar-refractivity contribution in [2.75, 3.05) is 5.88 Å². The van der Waals surface area contributed by atoms with Crippen LogP contribution in [0.25, 0.3) is 0 Å². The second-order valence-electron chi connectivity index (χ2n) is 6.39. The van der Waals surface area contributed by atoms with E-state index in [2.05, 4.69) is 38.5 Å². The molecule has 0 fully saturated rings. The average Bonchev–Trinajstić information content (AvgIpc) is 2.47. The molecule has 128 valence electrons. The van der Waals surface area contributed by atoms with E-state index in [1.807, 2.05) is 10.8 Å². The van der Waals surface area contributed by atoms with Crippen molar-refractivity contribution in [1.82, 2.24) is 0 Å². The fourth-order valence-corrected chi connectivity index (χ4v) is 5.88. The maximum atomic E-state index is 6.29. The molecular formula is C18H37ClS2. The third kappa shape index (κ3) is 13.2. The molecule has 0 aromatic carbocycles. The van der Waals surface area contributed by atoms with Gasteiger partial charge >= 0.3 is 0 Å². The van der Waals surface area contributed by atoms with Crippen LogP contribution in [0.4, 0.5) is 0 Å². The first-order valence-corrected chi connectivity index (χ1v) is 11.8.